The summed E-state index contributed by atoms with van der Waals surface area (Å²) in [4.78, 5) is 62.6. The van der Waals surface area contributed by atoms with Crippen LogP contribution in [0, 0.1) is 29.1 Å². The van der Waals surface area contributed by atoms with E-state index in [2.05, 4.69) is 10.2 Å². The molecule has 2 aliphatic carbocycles. The van der Waals surface area contributed by atoms with Gasteiger partial charge in [-0.2, -0.15) is 10.2 Å². The minimum Gasteiger partial charge on any atom is -0.508 e. The van der Waals surface area contributed by atoms with Gasteiger partial charge in [0.2, 0.25) is 23.6 Å². The lowest BCUT2D eigenvalue weighted by Gasteiger charge is -2.49. The van der Waals surface area contributed by atoms with Gasteiger partial charge in [-0.25, -0.2) is 4.90 Å². The number of anilines is 3. The van der Waals surface area contributed by atoms with Gasteiger partial charge in [-0.15, -0.1) is 0 Å². The van der Waals surface area contributed by atoms with Crippen LogP contribution in [0.2, 0.25) is 0 Å². The van der Waals surface area contributed by atoms with E-state index < -0.39 is 35.0 Å². The zero-order valence-corrected chi connectivity index (χ0v) is 32.9. The maximum Gasteiger partial charge on any atom is 0.241 e. The molecule has 5 aromatic rings. The first kappa shape index (κ1) is 37.7. The van der Waals surface area contributed by atoms with E-state index in [0.717, 1.165) is 16.8 Å². The van der Waals surface area contributed by atoms with Crippen molar-refractivity contribution in [3.8, 4) is 11.5 Å². The summed E-state index contributed by atoms with van der Waals surface area (Å²) in [5.74, 6) is -4.55. The Balaban J connectivity index is 1.04. The van der Waals surface area contributed by atoms with Crippen LogP contribution < -0.4 is 19.4 Å². The highest BCUT2D eigenvalue weighted by Crippen LogP contribution is 2.64. The number of carbonyl (C=O) groups excluding carboxylic acids is 4. The molecule has 4 aliphatic rings. The molecule has 9 rings (SSSR count). The van der Waals surface area contributed by atoms with Crippen LogP contribution in [-0.2, 0) is 25.8 Å². The zero-order chi connectivity index (χ0) is 41.0. The topological polar surface area (TPSA) is 132 Å². The molecule has 2 heterocycles. The molecule has 5 aromatic carbocycles. The van der Waals surface area contributed by atoms with Crippen molar-refractivity contribution in [1.29, 1.82) is 0 Å². The van der Waals surface area contributed by atoms with Crippen molar-refractivity contribution < 1.29 is 29.0 Å². The summed E-state index contributed by atoms with van der Waals surface area (Å²) in [6.45, 7) is 2.10. The Hall–Kier alpha value is -6.88. The molecule has 59 heavy (non-hydrogen) atoms. The number of allylic oxidation sites excluding steroid dienone is 2. The third-order valence-corrected chi connectivity index (χ3v) is 12.6. The molecule has 0 radical (unpaired) electrons. The minimum atomic E-state index is -1.30. The van der Waals surface area contributed by atoms with Gasteiger partial charge in [0.1, 0.15) is 18.1 Å². The lowest BCUT2D eigenvalue weighted by molar-refractivity contribution is -0.131. The second-order valence-electron chi connectivity index (χ2n) is 16.1. The highest BCUT2D eigenvalue weighted by molar-refractivity contribution is 6.25. The molecule has 2 saturated heterocycles. The fourth-order valence-corrected chi connectivity index (χ4v) is 9.64. The molecule has 1 saturated carbocycles. The number of hydrogen-bond donors (Lipinski definition) is 1. The van der Waals surface area contributed by atoms with E-state index in [0.29, 0.717) is 40.7 Å². The van der Waals surface area contributed by atoms with Gasteiger partial charge in [0.25, 0.3) is 0 Å². The number of benzene rings is 5. The lowest BCUT2D eigenvalue weighted by atomic mass is 9.51. The summed E-state index contributed by atoms with van der Waals surface area (Å²) >= 11 is 0. The van der Waals surface area contributed by atoms with E-state index >= 15 is 0 Å². The normalized spacial score (nSPS) is 24.9. The largest absolute Gasteiger partial charge is 0.508 e. The van der Waals surface area contributed by atoms with Crippen LogP contribution in [0.4, 0.5) is 28.4 Å². The summed E-state index contributed by atoms with van der Waals surface area (Å²) in [5.41, 5.74) is 4.09. The van der Waals surface area contributed by atoms with E-state index in [4.69, 9.17) is 4.74 Å². The van der Waals surface area contributed by atoms with Crippen molar-refractivity contribution in [2.24, 2.45) is 39.3 Å². The SMILES string of the molecule is CN(C)c1ccc(N=Nc2ccc(N3C(=O)[C@H]4[C@H](CC=C5[C@H]4C[C@H]4C(=O)N(c6ccccc6)C(=O)[C@@]4(C)[C@H]5c4ccc(OCc5ccccc5)cc4O)C3=O)cc2)cc1. The van der Waals surface area contributed by atoms with Crippen LogP contribution >= 0.6 is 0 Å². The number of nitrogens with zero attached hydrogens (tertiary/aromatic N) is 5. The lowest BCUT2D eigenvalue weighted by Crippen LogP contribution is -2.48. The van der Waals surface area contributed by atoms with Gasteiger partial charge in [0, 0.05) is 37.3 Å². The predicted octanol–water partition coefficient (Wildman–Crippen LogP) is 8.89. The summed E-state index contributed by atoms with van der Waals surface area (Å²) in [5, 5.41) is 20.5. The quantitative estimate of drug-likeness (QED) is 0.0897. The second kappa shape index (κ2) is 14.8. The van der Waals surface area contributed by atoms with Crippen molar-refractivity contribution in [2.45, 2.75) is 32.3 Å². The van der Waals surface area contributed by atoms with E-state index in [1.165, 1.54) is 9.80 Å². The molecule has 2 aliphatic heterocycles. The number of rotatable bonds is 9. The Morgan fingerprint density at radius 3 is 2.00 bits per heavy atom. The summed E-state index contributed by atoms with van der Waals surface area (Å²) in [6, 6.07) is 38.1. The third kappa shape index (κ3) is 6.37. The number of phenolic OH excluding ortho intramolecular Hbond substituents is 1. The maximum absolute atomic E-state index is 14.8. The van der Waals surface area contributed by atoms with Crippen molar-refractivity contribution in [1.82, 2.24) is 0 Å². The van der Waals surface area contributed by atoms with Gasteiger partial charge in [-0.05, 0) is 98.0 Å². The number of amides is 4. The average molecular weight is 786 g/mol. The molecule has 0 unspecified atom stereocenters. The van der Waals surface area contributed by atoms with Crippen LogP contribution in [-0.4, -0.2) is 42.8 Å². The van der Waals surface area contributed by atoms with Gasteiger partial charge < -0.3 is 14.7 Å². The summed E-state index contributed by atoms with van der Waals surface area (Å²) in [7, 11) is 3.93. The standard InChI is InChI=1S/C48H43N5O6/c1-48-40(45(56)53(47(48)58)33-12-8-5-9-13-33)27-39-36(43(48)37-23-22-35(26-41(37)54)59-28-29-10-6-4-7-11-29)24-25-38-42(39)46(57)52(44(38)55)34-20-16-31(17-21-34)50-49-30-14-18-32(19-15-30)51(2)3/h4-24,26,38-40,42-43,54H,25,27-28H2,1-3H3/t38-,39+,40-,42-,43+,48+/m0/s1. The monoisotopic (exact) mass is 785 g/mol. The van der Waals surface area contributed by atoms with Crippen LogP contribution in [0.1, 0.15) is 36.8 Å². The number of fused-ring (bicyclic) bond motifs is 4. The molecule has 0 bridgehead atoms. The van der Waals surface area contributed by atoms with Crippen LogP contribution in [0.15, 0.2) is 149 Å². The van der Waals surface area contributed by atoms with E-state index in [1.807, 2.05) is 85.7 Å². The minimum absolute atomic E-state index is 0.0825. The first-order valence-electron chi connectivity index (χ1n) is 19.8. The Labute approximate surface area is 342 Å². The van der Waals surface area contributed by atoms with E-state index in [9.17, 15) is 24.3 Å². The molecule has 11 nitrogen and oxygen atoms in total. The van der Waals surface area contributed by atoms with Crippen LogP contribution in [0.5, 0.6) is 11.5 Å². The zero-order valence-electron chi connectivity index (χ0n) is 32.9. The van der Waals surface area contributed by atoms with Gasteiger partial charge in [0.05, 0.1) is 45.9 Å². The Morgan fingerprint density at radius 1 is 0.729 bits per heavy atom. The van der Waals surface area contributed by atoms with Gasteiger partial charge in [-0.1, -0.05) is 66.2 Å². The number of azo groups is 1. The highest BCUT2D eigenvalue weighted by atomic mass is 16.5. The molecule has 296 valence electrons. The maximum atomic E-state index is 14.8. The Bertz CT molecular complexity index is 2520. The predicted molar refractivity (Wildman–Crippen MR) is 224 cm³/mol. The van der Waals surface area contributed by atoms with Crippen molar-refractivity contribution in [2.75, 3.05) is 28.8 Å². The molecule has 1 N–H and O–H groups in total. The number of imide groups is 2. The second-order valence-corrected chi connectivity index (χ2v) is 16.1. The fourth-order valence-electron chi connectivity index (χ4n) is 9.64. The Kier molecular flexibility index (Phi) is 9.46. The van der Waals surface area contributed by atoms with Crippen molar-refractivity contribution >= 4 is 52.1 Å². The molecule has 0 spiro atoms. The smallest absolute Gasteiger partial charge is 0.241 e. The number of ether oxygens (including phenoxy) is 1. The third-order valence-electron chi connectivity index (χ3n) is 12.6. The molecule has 4 amide bonds. The molecule has 3 fully saturated rings. The number of para-hydroxylation sites is 1. The number of hydrogen-bond acceptors (Lipinski definition) is 9. The highest BCUT2D eigenvalue weighted by Gasteiger charge is 2.68. The molecule has 6 atom stereocenters. The van der Waals surface area contributed by atoms with Gasteiger partial charge >= 0.3 is 0 Å². The molecular formula is C48H43N5O6. The van der Waals surface area contributed by atoms with Gasteiger partial charge in [0.15, 0.2) is 0 Å². The number of aromatic hydroxyl groups is 1. The van der Waals surface area contributed by atoms with Crippen molar-refractivity contribution in [3.05, 3.63) is 150 Å². The molecule has 11 heteroatoms. The van der Waals surface area contributed by atoms with Crippen LogP contribution in [0.3, 0.4) is 0 Å². The average Bonchev–Trinajstić information content (AvgIpc) is 3.62. The first-order valence-corrected chi connectivity index (χ1v) is 19.8. The molecule has 0 aromatic heterocycles. The Morgan fingerprint density at radius 2 is 1.36 bits per heavy atom. The molecular weight excluding hydrogens is 743 g/mol. The van der Waals surface area contributed by atoms with Crippen LogP contribution in [0.25, 0.3) is 0 Å². The summed E-state index contributed by atoms with van der Waals surface area (Å²) < 4.78 is 6.03. The number of carbonyl (C=O) groups is 4. The first-order chi connectivity index (χ1) is 28.5. The summed E-state index contributed by atoms with van der Waals surface area (Å²) in [6.07, 6.45) is 2.45. The number of phenols is 1. The van der Waals surface area contributed by atoms with E-state index in [-0.39, 0.29) is 42.2 Å². The van der Waals surface area contributed by atoms with E-state index in [1.54, 1.807) is 73.7 Å². The van der Waals surface area contributed by atoms with Gasteiger partial charge in [-0.3, -0.25) is 24.1 Å². The van der Waals surface area contributed by atoms with Crippen molar-refractivity contribution in [3.63, 3.8) is 0 Å². The fraction of sp³-hybridized carbons (Fsp3) is 0.250.